The molecule has 50 heavy (non-hydrogen) atoms. The lowest BCUT2D eigenvalue weighted by molar-refractivity contribution is -0.362. The van der Waals surface area contributed by atoms with Crippen LogP contribution in [0.2, 0.25) is 0 Å². The number of cyclic esters (lactones) is 1. The van der Waals surface area contributed by atoms with Crippen molar-refractivity contribution < 1.29 is 68.6 Å². The molecule has 1 spiro atoms. The molecule has 19 atom stereocenters. The molecule has 4 aliphatic heterocycles. The summed E-state index contributed by atoms with van der Waals surface area (Å²) in [4.78, 5) is 11.9. The molecular weight excluding hydrogens is 656 g/mol. The Balaban J connectivity index is 0.933. The molecule has 0 radical (unpaired) electrons. The first-order valence-corrected chi connectivity index (χ1v) is 18.5. The van der Waals surface area contributed by atoms with Crippen molar-refractivity contribution in [2.75, 3.05) is 20.3 Å². The van der Waals surface area contributed by atoms with E-state index in [1.807, 2.05) is 0 Å². The molecule has 3 saturated heterocycles. The molecule has 6 N–H and O–H groups in total. The highest BCUT2D eigenvalue weighted by atomic mass is 16.7. The van der Waals surface area contributed by atoms with Crippen LogP contribution < -0.4 is 0 Å². The summed E-state index contributed by atoms with van der Waals surface area (Å²) in [6.45, 7) is 6.00. The average Bonchev–Trinajstić information content (AvgIpc) is 3.53. The second-order valence-corrected chi connectivity index (χ2v) is 16.9. The zero-order valence-electron chi connectivity index (χ0n) is 29.3. The molecule has 4 aliphatic carbocycles. The van der Waals surface area contributed by atoms with Gasteiger partial charge in [-0.25, -0.2) is 4.79 Å². The van der Waals surface area contributed by atoms with E-state index in [0.717, 1.165) is 50.5 Å². The number of rotatable bonds is 7. The number of carbonyl (C=O) groups is 1. The summed E-state index contributed by atoms with van der Waals surface area (Å²) in [5, 5.41) is 64.6. The number of hydrogen-bond donors (Lipinski definition) is 6. The Bertz CT molecular complexity index is 1360. The third kappa shape index (κ3) is 4.93. The number of esters is 1. The van der Waals surface area contributed by atoms with E-state index in [1.165, 1.54) is 7.11 Å². The molecule has 14 nitrogen and oxygen atoms in total. The summed E-state index contributed by atoms with van der Waals surface area (Å²) in [5.41, 5.74) is -1.02. The second-order valence-electron chi connectivity index (χ2n) is 16.9. The van der Waals surface area contributed by atoms with E-state index in [0.29, 0.717) is 18.9 Å². The number of fused-ring (bicyclic) bond motifs is 3. The van der Waals surface area contributed by atoms with Gasteiger partial charge in [0.25, 0.3) is 0 Å². The van der Waals surface area contributed by atoms with E-state index < -0.39 is 84.6 Å². The summed E-state index contributed by atoms with van der Waals surface area (Å²) in [5.74, 6) is 0.287. The van der Waals surface area contributed by atoms with Gasteiger partial charge in [-0.1, -0.05) is 13.8 Å². The van der Waals surface area contributed by atoms with Gasteiger partial charge >= 0.3 is 5.97 Å². The standard InChI is InChI=1S/C36H54O14/c1-16-29(49-31-27(41)26(40)25(39)21(14-37)48-31)30(44-4)28(42)32(46-16)47-19-5-8-33(2)18(12-19)13-23-36(50-23)22(33)7-9-34(3)20(6-10-35(34,36)43)17-11-24(38)45-15-17/h11,16,18-23,25-32,37,39-43H,5-10,12-15H2,1-4H3/t16-,18+,19+,20+,21-,22-,23+,25-,26+,27-,28-,29-,30-,31+,32+,33+,34-,35-,36-/m1/s1. The summed E-state index contributed by atoms with van der Waals surface area (Å²) < 4.78 is 41.8. The zero-order valence-corrected chi connectivity index (χ0v) is 29.3. The maximum Gasteiger partial charge on any atom is 0.331 e. The van der Waals surface area contributed by atoms with Gasteiger partial charge in [0.2, 0.25) is 0 Å². The first-order chi connectivity index (χ1) is 23.7. The fourth-order valence-electron chi connectivity index (χ4n) is 12.0. The van der Waals surface area contributed by atoms with Crippen molar-refractivity contribution in [2.45, 2.75) is 157 Å². The summed E-state index contributed by atoms with van der Waals surface area (Å²) in [6.07, 6.45) is -4.22. The van der Waals surface area contributed by atoms with E-state index in [9.17, 15) is 35.4 Å². The molecule has 0 unspecified atom stereocenters. The minimum atomic E-state index is -1.61. The first-order valence-electron chi connectivity index (χ1n) is 18.5. The van der Waals surface area contributed by atoms with Gasteiger partial charge in [-0.15, -0.1) is 0 Å². The molecule has 0 aromatic heterocycles. The number of aliphatic hydroxyl groups excluding tert-OH is 5. The van der Waals surface area contributed by atoms with Crippen molar-refractivity contribution in [3.8, 4) is 0 Å². The number of methoxy groups -OCH3 is 1. The SMILES string of the molecule is CO[C@@H]1[C@@H](O)[C@H](O[C@H]2CC[C@@]3(C)[C@@H](C2)C[C@@H]2O[C@]24[C@@H]3CC[C@]2(C)[C@H](C3=CC(=O)OC3)CC[C@]42O)O[C@H](C)[C@H]1O[C@@H]1O[C@H](CO)[C@@H](O)[C@H](O)[C@H]1O. The Kier molecular flexibility index (Phi) is 8.86. The Morgan fingerprint density at radius 1 is 0.900 bits per heavy atom. The minimum Gasteiger partial charge on any atom is -0.458 e. The maximum absolute atomic E-state index is 12.7. The number of epoxide rings is 1. The van der Waals surface area contributed by atoms with Crippen LogP contribution in [-0.4, -0.2) is 142 Å². The molecule has 14 heteroatoms. The molecule has 4 saturated carbocycles. The largest absolute Gasteiger partial charge is 0.458 e. The predicted octanol–water partition coefficient (Wildman–Crippen LogP) is 0.0657. The van der Waals surface area contributed by atoms with Crippen LogP contribution in [0.1, 0.15) is 72.1 Å². The van der Waals surface area contributed by atoms with Crippen molar-refractivity contribution in [1.82, 2.24) is 0 Å². The molecule has 0 aromatic rings. The zero-order chi connectivity index (χ0) is 35.5. The van der Waals surface area contributed by atoms with E-state index in [1.54, 1.807) is 13.0 Å². The monoisotopic (exact) mass is 710 g/mol. The third-order valence-corrected chi connectivity index (χ3v) is 14.8. The fourth-order valence-corrected chi connectivity index (χ4v) is 12.0. The second kappa shape index (κ2) is 12.4. The van der Waals surface area contributed by atoms with Gasteiger partial charge in [-0.2, -0.15) is 0 Å². The lowest BCUT2D eigenvalue weighted by atomic mass is 9.43. The quantitative estimate of drug-likeness (QED) is 0.118. The maximum atomic E-state index is 12.7. The van der Waals surface area contributed by atoms with Crippen LogP contribution in [0.4, 0.5) is 0 Å². The van der Waals surface area contributed by atoms with Crippen LogP contribution in [0.25, 0.3) is 0 Å². The minimum absolute atomic E-state index is 0.0436. The van der Waals surface area contributed by atoms with Crippen molar-refractivity contribution >= 4 is 5.97 Å². The summed E-state index contributed by atoms with van der Waals surface area (Å²) >= 11 is 0. The van der Waals surface area contributed by atoms with Gasteiger partial charge in [0, 0.05) is 18.6 Å². The van der Waals surface area contributed by atoms with E-state index in [-0.39, 0.29) is 35.4 Å². The van der Waals surface area contributed by atoms with E-state index in [2.05, 4.69) is 13.8 Å². The van der Waals surface area contributed by atoms with Gasteiger partial charge in [0.1, 0.15) is 60.5 Å². The van der Waals surface area contributed by atoms with Crippen LogP contribution in [0, 0.1) is 28.6 Å². The highest BCUT2D eigenvalue weighted by Crippen LogP contribution is 2.77. The van der Waals surface area contributed by atoms with Crippen LogP contribution in [0.3, 0.4) is 0 Å². The first kappa shape index (κ1) is 35.7. The van der Waals surface area contributed by atoms with E-state index >= 15 is 0 Å². The van der Waals surface area contributed by atoms with Crippen molar-refractivity contribution in [3.63, 3.8) is 0 Å². The lowest BCUT2D eigenvalue weighted by Crippen LogP contribution is -2.68. The molecule has 7 fully saturated rings. The Labute approximate surface area is 291 Å². The van der Waals surface area contributed by atoms with Gasteiger partial charge in [-0.05, 0) is 87.0 Å². The van der Waals surface area contributed by atoms with Crippen molar-refractivity contribution in [3.05, 3.63) is 11.6 Å². The predicted molar refractivity (Wildman–Crippen MR) is 170 cm³/mol. The van der Waals surface area contributed by atoms with E-state index in [4.69, 9.17) is 33.2 Å². The van der Waals surface area contributed by atoms with Crippen LogP contribution in [-0.2, 0) is 38.0 Å². The fraction of sp³-hybridized carbons (Fsp3) is 0.917. The normalized spacial score (nSPS) is 57.2. The number of aliphatic hydroxyl groups is 6. The van der Waals surface area contributed by atoms with Gasteiger partial charge in [0.15, 0.2) is 12.6 Å². The number of ether oxygens (including phenoxy) is 7. The van der Waals surface area contributed by atoms with Crippen LogP contribution in [0.5, 0.6) is 0 Å². The lowest BCUT2D eigenvalue weighted by Gasteiger charge is -2.62. The summed E-state index contributed by atoms with van der Waals surface area (Å²) in [6, 6.07) is 0. The smallest absolute Gasteiger partial charge is 0.331 e. The molecule has 0 aromatic carbocycles. The molecule has 282 valence electrons. The third-order valence-electron chi connectivity index (χ3n) is 14.8. The highest BCUT2D eigenvalue weighted by Gasteiger charge is 2.84. The highest BCUT2D eigenvalue weighted by molar-refractivity contribution is 5.85. The van der Waals surface area contributed by atoms with Gasteiger partial charge < -0.3 is 63.8 Å². The molecule has 0 bridgehead atoms. The molecule has 8 rings (SSSR count). The molecular formula is C36H54O14. The van der Waals surface area contributed by atoms with Gasteiger partial charge in [-0.3, -0.25) is 0 Å². The Hall–Kier alpha value is -1.27. The average molecular weight is 711 g/mol. The molecule has 0 amide bonds. The Morgan fingerprint density at radius 3 is 2.36 bits per heavy atom. The molecule has 4 heterocycles. The number of carbonyl (C=O) groups excluding carboxylic acids is 1. The van der Waals surface area contributed by atoms with Crippen LogP contribution >= 0.6 is 0 Å². The summed E-state index contributed by atoms with van der Waals surface area (Å²) in [7, 11) is 1.43. The van der Waals surface area contributed by atoms with Crippen molar-refractivity contribution in [2.24, 2.45) is 28.6 Å². The van der Waals surface area contributed by atoms with Crippen molar-refractivity contribution in [1.29, 1.82) is 0 Å². The van der Waals surface area contributed by atoms with Gasteiger partial charge in [0.05, 0.1) is 24.9 Å². The number of hydrogen-bond acceptors (Lipinski definition) is 14. The Morgan fingerprint density at radius 2 is 1.66 bits per heavy atom. The molecule has 8 aliphatic rings. The topological polar surface area (TPSA) is 206 Å². The van der Waals surface area contributed by atoms with Crippen LogP contribution in [0.15, 0.2) is 11.6 Å².